The van der Waals surface area contributed by atoms with Crippen molar-refractivity contribution in [2.75, 3.05) is 31.1 Å². The summed E-state index contributed by atoms with van der Waals surface area (Å²) >= 11 is 0. The molecule has 0 amide bonds. The number of rotatable bonds is 4. The first-order chi connectivity index (χ1) is 13.5. The third-order valence-corrected chi connectivity index (χ3v) is 4.67. The summed E-state index contributed by atoms with van der Waals surface area (Å²) in [4.78, 5) is 8.17. The van der Waals surface area contributed by atoms with Gasteiger partial charge in [-0.15, -0.1) is 5.10 Å². The Labute approximate surface area is 159 Å². The molecule has 10 heteroatoms. The fourth-order valence-corrected chi connectivity index (χ4v) is 3.15. The second-order valence-corrected chi connectivity index (χ2v) is 6.51. The first-order valence-electron chi connectivity index (χ1n) is 8.84. The van der Waals surface area contributed by atoms with Crippen LogP contribution in [-0.4, -0.2) is 56.3 Å². The zero-order chi connectivity index (χ0) is 19.6. The minimum atomic E-state index is -4.37. The molecule has 1 fully saturated rings. The van der Waals surface area contributed by atoms with E-state index in [0.29, 0.717) is 25.5 Å². The van der Waals surface area contributed by atoms with Gasteiger partial charge < -0.3 is 4.90 Å². The van der Waals surface area contributed by atoms with Gasteiger partial charge in [-0.3, -0.25) is 4.90 Å². The first-order valence-corrected chi connectivity index (χ1v) is 8.84. The summed E-state index contributed by atoms with van der Waals surface area (Å²) in [7, 11) is 0. The number of anilines is 1. The van der Waals surface area contributed by atoms with Crippen LogP contribution in [0.1, 0.15) is 11.4 Å². The average molecular weight is 389 g/mol. The number of benzene rings is 1. The molecule has 28 heavy (non-hydrogen) atoms. The molecule has 4 rings (SSSR count). The third-order valence-electron chi connectivity index (χ3n) is 4.67. The lowest BCUT2D eigenvalue weighted by Crippen LogP contribution is -2.46. The molecule has 146 valence electrons. The summed E-state index contributed by atoms with van der Waals surface area (Å²) in [6.45, 7) is 3.42. The smallest absolute Gasteiger partial charge is 0.354 e. The Balaban J connectivity index is 1.37. The molecule has 0 N–H and O–H groups in total. The Morgan fingerprint density at radius 2 is 1.68 bits per heavy atom. The Bertz CT molecular complexity index is 901. The quantitative estimate of drug-likeness (QED) is 0.683. The van der Waals surface area contributed by atoms with Crippen molar-refractivity contribution in [1.82, 2.24) is 30.1 Å². The van der Waals surface area contributed by atoms with E-state index in [0.717, 1.165) is 36.9 Å². The number of para-hydroxylation sites is 1. The predicted molar refractivity (Wildman–Crippen MR) is 95.9 cm³/mol. The monoisotopic (exact) mass is 389 g/mol. The number of piperazine rings is 1. The van der Waals surface area contributed by atoms with Crippen molar-refractivity contribution in [3.63, 3.8) is 0 Å². The number of tetrazole rings is 1. The van der Waals surface area contributed by atoms with Gasteiger partial charge in [0, 0.05) is 32.4 Å². The van der Waals surface area contributed by atoms with Crippen molar-refractivity contribution in [3.05, 3.63) is 60.0 Å². The van der Waals surface area contributed by atoms with Gasteiger partial charge in [0.05, 0.1) is 17.8 Å². The summed E-state index contributed by atoms with van der Waals surface area (Å²) in [5.41, 5.74) is 0.165. The molecule has 3 heterocycles. The van der Waals surface area contributed by atoms with Gasteiger partial charge >= 0.3 is 6.18 Å². The van der Waals surface area contributed by atoms with Crippen LogP contribution in [0.3, 0.4) is 0 Å². The number of aromatic nitrogens is 5. The maximum Gasteiger partial charge on any atom is 0.417 e. The Morgan fingerprint density at radius 1 is 0.929 bits per heavy atom. The molecule has 0 unspecified atom stereocenters. The van der Waals surface area contributed by atoms with E-state index in [2.05, 4.69) is 25.4 Å². The highest BCUT2D eigenvalue weighted by molar-refractivity contribution is 5.40. The molecule has 2 aromatic heterocycles. The van der Waals surface area contributed by atoms with Gasteiger partial charge in [-0.1, -0.05) is 18.2 Å². The molecule has 0 saturated carbocycles. The molecule has 0 aliphatic carbocycles. The highest BCUT2D eigenvalue weighted by atomic mass is 19.4. The zero-order valence-corrected chi connectivity index (χ0v) is 14.9. The van der Waals surface area contributed by atoms with E-state index in [1.807, 2.05) is 35.2 Å². The molecular weight excluding hydrogens is 371 g/mol. The number of hydrogen-bond acceptors (Lipinski definition) is 6. The van der Waals surface area contributed by atoms with Crippen LogP contribution in [0.2, 0.25) is 0 Å². The Kier molecular flexibility index (Phi) is 4.95. The Morgan fingerprint density at radius 3 is 2.32 bits per heavy atom. The largest absolute Gasteiger partial charge is 0.417 e. The standard InChI is InChI=1S/C18H18F3N7/c19-18(20,21)14-6-7-16(22-12-14)27-10-8-26(9-11-27)13-17-23-24-25-28(17)15-4-2-1-3-5-15/h1-7,12H,8-11,13H2. The van der Waals surface area contributed by atoms with Gasteiger partial charge in [0.15, 0.2) is 5.82 Å². The van der Waals surface area contributed by atoms with Gasteiger partial charge in [0.25, 0.3) is 0 Å². The second-order valence-electron chi connectivity index (χ2n) is 6.51. The summed E-state index contributed by atoms with van der Waals surface area (Å²) in [6.07, 6.45) is -3.48. The minimum absolute atomic E-state index is 0.557. The van der Waals surface area contributed by atoms with Crippen LogP contribution in [0.15, 0.2) is 48.7 Å². The molecule has 0 spiro atoms. The molecule has 1 aromatic carbocycles. The van der Waals surface area contributed by atoms with Crippen LogP contribution in [0.5, 0.6) is 0 Å². The molecule has 3 aromatic rings. The van der Waals surface area contributed by atoms with Gasteiger partial charge in [0.2, 0.25) is 0 Å². The van der Waals surface area contributed by atoms with Gasteiger partial charge in [-0.25, -0.2) is 4.98 Å². The van der Waals surface area contributed by atoms with Gasteiger partial charge in [-0.05, 0) is 34.7 Å². The molecule has 0 radical (unpaired) electrons. The number of pyridine rings is 1. The highest BCUT2D eigenvalue weighted by Gasteiger charge is 2.31. The van der Waals surface area contributed by atoms with Crippen LogP contribution in [0, 0.1) is 0 Å². The van der Waals surface area contributed by atoms with E-state index in [-0.39, 0.29) is 0 Å². The second kappa shape index (κ2) is 7.55. The van der Waals surface area contributed by atoms with E-state index in [1.54, 1.807) is 4.68 Å². The summed E-state index contributed by atoms with van der Waals surface area (Å²) in [5, 5.41) is 12.0. The van der Waals surface area contributed by atoms with Crippen molar-refractivity contribution in [2.24, 2.45) is 0 Å². The van der Waals surface area contributed by atoms with E-state index >= 15 is 0 Å². The zero-order valence-electron chi connectivity index (χ0n) is 14.9. The molecule has 1 saturated heterocycles. The summed E-state index contributed by atoms with van der Waals surface area (Å²) in [6, 6.07) is 12.2. The summed E-state index contributed by atoms with van der Waals surface area (Å²) < 4.78 is 39.7. The maximum absolute atomic E-state index is 12.7. The number of halogens is 3. The predicted octanol–water partition coefficient (Wildman–Crippen LogP) is 2.40. The van der Waals surface area contributed by atoms with Crippen LogP contribution in [-0.2, 0) is 12.7 Å². The van der Waals surface area contributed by atoms with Crippen molar-refractivity contribution in [1.29, 1.82) is 0 Å². The van der Waals surface area contributed by atoms with Crippen LogP contribution in [0.4, 0.5) is 19.0 Å². The van der Waals surface area contributed by atoms with Crippen molar-refractivity contribution in [2.45, 2.75) is 12.7 Å². The van der Waals surface area contributed by atoms with Gasteiger partial charge in [0.1, 0.15) is 5.82 Å². The normalized spacial score (nSPS) is 15.8. The van der Waals surface area contributed by atoms with E-state index in [4.69, 9.17) is 0 Å². The van der Waals surface area contributed by atoms with E-state index in [9.17, 15) is 13.2 Å². The molecular formula is C18H18F3N7. The molecule has 0 bridgehead atoms. The number of nitrogens with zero attached hydrogens (tertiary/aromatic N) is 7. The van der Waals surface area contributed by atoms with Crippen LogP contribution in [0.25, 0.3) is 5.69 Å². The van der Waals surface area contributed by atoms with E-state index in [1.165, 1.54) is 6.07 Å². The SMILES string of the molecule is FC(F)(F)c1ccc(N2CCN(Cc3nnnn3-c3ccccc3)CC2)nc1. The molecule has 7 nitrogen and oxygen atoms in total. The maximum atomic E-state index is 12.7. The summed E-state index contributed by atoms with van der Waals surface area (Å²) in [5.74, 6) is 1.30. The minimum Gasteiger partial charge on any atom is -0.354 e. The molecule has 1 aliphatic rings. The lowest BCUT2D eigenvalue weighted by atomic mass is 10.2. The van der Waals surface area contributed by atoms with E-state index < -0.39 is 11.7 Å². The lowest BCUT2D eigenvalue weighted by molar-refractivity contribution is -0.137. The van der Waals surface area contributed by atoms with Crippen LogP contribution < -0.4 is 4.90 Å². The molecule has 1 aliphatic heterocycles. The lowest BCUT2D eigenvalue weighted by Gasteiger charge is -2.35. The van der Waals surface area contributed by atoms with Gasteiger partial charge in [-0.2, -0.15) is 17.9 Å². The highest BCUT2D eigenvalue weighted by Crippen LogP contribution is 2.29. The topological polar surface area (TPSA) is 63.0 Å². The van der Waals surface area contributed by atoms with Crippen molar-refractivity contribution >= 4 is 5.82 Å². The average Bonchev–Trinajstić information content (AvgIpc) is 3.17. The molecule has 0 atom stereocenters. The number of alkyl halides is 3. The number of hydrogen-bond donors (Lipinski definition) is 0. The first kappa shape index (κ1) is 18.4. The third kappa shape index (κ3) is 3.96. The van der Waals surface area contributed by atoms with Crippen molar-refractivity contribution in [3.8, 4) is 5.69 Å². The fourth-order valence-electron chi connectivity index (χ4n) is 3.15. The Hall–Kier alpha value is -3.01. The van der Waals surface area contributed by atoms with Crippen molar-refractivity contribution < 1.29 is 13.2 Å². The fraction of sp³-hybridized carbons (Fsp3) is 0.333. The van der Waals surface area contributed by atoms with Crippen LogP contribution >= 0.6 is 0 Å².